The molecule has 6 nitrogen and oxygen atoms in total. The molecule has 27 heavy (non-hydrogen) atoms. The fourth-order valence-electron chi connectivity index (χ4n) is 2.10. The van der Waals surface area contributed by atoms with E-state index in [4.69, 9.17) is 32.3 Å². The van der Waals surface area contributed by atoms with Crippen molar-refractivity contribution in [2.45, 2.75) is 6.92 Å². The van der Waals surface area contributed by atoms with Gasteiger partial charge in [-0.1, -0.05) is 40.4 Å². The van der Waals surface area contributed by atoms with Gasteiger partial charge in [-0.3, -0.25) is 4.79 Å². The number of carbonyl (C=O) groups excluding carboxylic acids is 1. The number of ether oxygens (including phenoxy) is 2. The van der Waals surface area contributed by atoms with Crippen molar-refractivity contribution in [1.82, 2.24) is 0 Å². The molecule has 0 unspecified atom stereocenters. The Labute approximate surface area is 163 Å². The highest BCUT2D eigenvalue weighted by Crippen LogP contribution is 2.35. The van der Waals surface area contributed by atoms with Crippen LogP contribution in [0, 0.1) is 19.3 Å². The lowest BCUT2D eigenvalue weighted by molar-refractivity contribution is -0.120. The van der Waals surface area contributed by atoms with E-state index >= 15 is 0 Å². The first-order chi connectivity index (χ1) is 13.0. The lowest BCUT2D eigenvalue weighted by atomic mass is 10.2. The summed E-state index contributed by atoms with van der Waals surface area (Å²) in [5.74, 6) is 2.81. The van der Waals surface area contributed by atoms with Crippen molar-refractivity contribution in [2.24, 2.45) is 5.16 Å². The number of oxime groups is 1. The van der Waals surface area contributed by atoms with Crippen LogP contribution in [0.5, 0.6) is 11.5 Å². The molecule has 0 aliphatic heterocycles. The van der Waals surface area contributed by atoms with E-state index in [1.807, 2.05) is 31.2 Å². The fraction of sp³-hybridized carbons (Fsp3) is 0.200. The minimum absolute atomic E-state index is 0.0721. The first-order valence-corrected chi connectivity index (χ1v) is 8.37. The third kappa shape index (κ3) is 6.24. The molecule has 0 aliphatic carbocycles. The van der Waals surface area contributed by atoms with Crippen LogP contribution in [0.15, 0.2) is 41.6 Å². The summed E-state index contributed by atoms with van der Waals surface area (Å²) >= 11 is 6.17. The summed E-state index contributed by atoms with van der Waals surface area (Å²) in [6.45, 7) is 1.82. The number of nitrogens with one attached hydrogen (secondary N) is 1. The fourth-order valence-corrected chi connectivity index (χ4v) is 2.37. The number of carbonyl (C=O) groups is 1. The van der Waals surface area contributed by atoms with Crippen LogP contribution in [-0.4, -0.2) is 32.4 Å². The van der Waals surface area contributed by atoms with Gasteiger partial charge in [-0.15, -0.1) is 6.42 Å². The van der Waals surface area contributed by atoms with Gasteiger partial charge >= 0.3 is 0 Å². The van der Waals surface area contributed by atoms with E-state index in [1.54, 1.807) is 12.1 Å². The SMILES string of the molecule is C#CCOc1c(Cl)cc(/C=N/OCC(=O)Nc2ccc(C)cc2)cc1OC. The molecule has 2 rings (SSSR count). The second-order valence-electron chi connectivity index (χ2n) is 5.45. The molecule has 7 heteroatoms. The zero-order valence-corrected chi connectivity index (χ0v) is 15.7. The van der Waals surface area contributed by atoms with E-state index in [9.17, 15) is 4.79 Å². The highest BCUT2D eigenvalue weighted by Gasteiger charge is 2.11. The topological polar surface area (TPSA) is 69.2 Å². The minimum atomic E-state index is -0.315. The zero-order valence-electron chi connectivity index (χ0n) is 15.0. The summed E-state index contributed by atoms with van der Waals surface area (Å²) in [7, 11) is 1.49. The molecule has 0 radical (unpaired) electrons. The number of anilines is 1. The number of amides is 1. The highest BCUT2D eigenvalue weighted by molar-refractivity contribution is 6.32. The predicted octanol–water partition coefficient (Wildman–Crippen LogP) is 3.66. The average Bonchev–Trinajstić information content (AvgIpc) is 2.66. The molecule has 0 atom stereocenters. The second-order valence-corrected chi connectivity index (χ2v) is 5.86. The smallest absolute Gasteiger partial charge is 0.265 e. The number of nitrogens with zero attached hydrogens (tertiary/aromatic N) is 1. The van der Waals surface area contributed by atoms with Crippen molar-refractivity contribution >= 4 is 29.4 Å². The second kappa shape index (κ2) is 10.1. The van der Waals surface area contributed by atoms with Gasteiger partial charge in [0.15, 0.2) is 18.1 Å². The van der Waals surface area contributed by atoms with Gasteiger partial charge in [0, 0.05) is 11.3 Å². The van der Waals surface area contributed by atoms with Gasteiger partial charge in [0.1, 0.15) is 6.61 Å². The molecular formula is C20H19ClN2O4. The number of rotatable bonds is 8. The minimum Gasteiger partial charge on any atom is -0.493 e. The van der Waals surface area contributed by atoms with Crippen LogP contribution < -0.4 is 14.8 Å². The van der Waals surface area contributed by atoms with E-state index in [0.717, 1.165) is 5.56 Å². The summed E-state index contributed by atoms with van der Waals surface area (Å²) in [6.07, 6.45) is 6.59. The molecule has 0 fully saturated rings. The standard InChI is InChI=1S/C20H19ClN2O4/c1-4-9-26-20-17(21)10-15(11-18(20)25-3)12-22-27-13-19(24)23-16-7-5-14(2)6-8-16/h1,5-8,10-12H,9,13H2,2-3H3,(H,23,24)/b22-12+. The molecule has 0 heterocycles. The maximum absolute atomic E-state index is 11.8. The molecule has 140 valence electrons. The Kier molecular flexibility index (Phi) is 7.53. The third-order valence-electron chi connectivity index (χ3n) is 3.36. The van der Waals surface area contributed by atoms with Crippen LogP contribution in [0.25, 0.3) is 0 Å². The summed E-state index contributed by atoms with van der Waals surface area (Å²) < 4.78 is 10.6. The Hall–Kier alpha value is -3.17. The molecule has 2 aromatic carbocycles. The first-order valence-electron chi connectivity index (χ1n) is 7.99. The lowest BCUT2D eigenvalue weighted by Gasteiger charge is -2.11. The highest BCUT2D eigenvalue weighted by atomic mass is 35.5. The number of benzene rings is 2. The van der Waals surface area contributed by atoms with E-state index in [1.165, 1.54) is 13.3 Å². The Morgan fingerprint density at radius 3 is 2.74 bits per heavy atom. The number of halogens is 1. The third-order valence-corrected chi connectivity index (χ3v) is 3.64. The molecule has 0 aromatic heterocycles. The van der Waals surface area contributed by atoms with E-state index in [0.29, 0.717) is 27.8 Å². The van der Waals surface area contributed by atoms with Crippen LogP contribution in [0.2, 0.25) is 5.02 Å². The maximum atomic E-state index is 11.8. The zero-order chi connectivity index (χ0) is 19.6. The first kappa shape index (κ1) is 20.1. The van der Waals surface area contributed by atoms with Crippen LogP contribution in [0.4, 0.5) is 5.69 Å². The average molecular weight is 387 g/mol. The monoisotopic (exact) mass is 386 g/mol. The molecule has 0 aliphatic rings. The van der Waals surface area contributed by atoms with Gasteiger partial charge in [-0.05, 0) is 31.2 Å². The van der Waals surface area contributed by atoms with Gasteiger partial charge in [0.05, 0.1) is 18.3 Å². The van der Waals surface area contributed by atoms with Crippen LogP contribution in [0.1, 0.15) is 11.1 Å². The van der Waals surface area contributed by atoms with Crippen molar-refractivity contribution in [3.05, 3.63) is 52.5 Å². The number of methoxy groups -OCH3 is 1. The van der Waals surface area contributed by atoms with Crippen LogP contribution in [0.3, 0.4) is 0 Å². The normalized spacial score (nSPS) is 10.3. The van der Waals surface area contributed by atoms with Crippen molar-refractivity contribution in [2.75, 3.05) is 25.6 Å². The quantitative estimate of drug-likeness (QED) is 0.427. The summed E-state index contributed by atoms with van der Waals surface area (Å²) in [5, 5.41) is 6.81. The van der Waals surface area contributed by atoms with E-state index < -0.39 is 0 Å². The number of hydrogen-bond acceptors (Lipinski definition) is 5. The van der Waals surface area contributed by atoms with Gasteiger partial charge in [-0.2, -0.15) is 0 Å². The maximum Gasteiger partial charge on any atom is 0.265 e. The Morgan fingerprint density at radius 1 is 1.33 bits per heavy atom. The Bertz CT molecular complexity index is 858. The molecule has 0 bridgehead atoms. The number of hydrogen-bond donors (Lipinski definition) is 1. The van der Waals surface area contributed by atoms with Crippen LogP contribution >= 0.6 is 11.6 Å². The van der Waals surface area contributed by atoms with Gasteiger partial charge < -0.3 is 19.6 Å². The van der Waals surface area contributed by atoms with Gasteiger partial charge in [0.25, 0.3) is 5.91 Å². The molecule has 0 saturated carbocycles. The van der Waals surface area contributed by atoms with Crippen LogP contribution in [-0.2, 0) is 9.63 Å². The van der Waals surface area contributed by atoms with Crippen molar-refractivity contribution in [3.8, 4) is 23.8 Å². The van der Waals surface area contributed by atoms with Crippen molar-refractivity contribution in [3.63, 3.8) is 0 Å². The number of terminal acetylenes is 1. The summed E-state index contributed by atoms with van der Waals surface area (Å²) in [4.78, 5) is 16.8. The summed E-state index contributed by atoms with van der Waals surface area (Å²) in [6, 6.07) is 10.7. The molecule has 1 amide bonds. The van der Waals surface area contributed by atoms with Gasteiger partial charge in [-0.25, -0.2) is 0 Å². The molecule has 1 N–H and O–H groups in total. The van der Waals surface area contributed by atoms with Crippen molar-refractivity contribution in [1.29, 1.82) is 0 Å². The molecule has 0 saturated heterocycles. The predicted molar refractivity (Wildman–Crippen MR) is 106 cm³/mol. The molecule has 0 spiro atoms. The Balaban J connectivity index is 1.91. The lowest BCUT2D eigenvalue weighted by Crippen LogP contribution is -2.16. The van der Waals surface area contributed by atoms with Gasteiger partial charge in [0.2, 0.25) is 0 Å². The largest absolute Gasteiger partial charge is 0.493 e. The number of aryl methyl sites for hydroxylation is 1. The molecular weight excluding hydrogens is 368 g/mol. The summed E-state index contributed by atoms with van der Waals surface area (Å²) in [5.41, 5.74) is 2.42. The molecule has 2 aromatic rings. The Morgan fingerprint density at radius 2 is 2.07 bits per heavy atom. The van der Waals surface area contributed by atoms with E-state index in [2.05, 4.69) is 16.4 Å². The van der Waals surface area contributed by atoms with Crippen molar-refractivity contribution < 1.29 is 19.1 Å². The van der Waals surface area contributed by atoms with E-state index in [-0.39, 0.29) is 19.1 Å².